The van der Waals surface area contributed by atoms with Gasteiger partial charge in [-0.15, -0.1) is 0 Å². The topological polar surface area (TPSA) is 95.1 Å². The highest BCUT2D eigenvalue weighted by Crippen LogP contribution is 2.18. The van der Waals surface area contributed by atoms with Crippen molar-refractivity contribution in [3.8, 4) is 0 Å². The number of amides is 1. The molecule has 0 aliphatic rings. The molecule has 1 heterocycles. The van der Waals surface area contributed by atoms with Gasteiger partial charge in [-0.1, -0.05) is 5.16 Å². The Kier molecular flexibility index (Phi) is 1.89. The fraction of sp³-hybridized carbons (Fsp3) is 0.429. The van der Waals surface area contributed by atoms with Crippen molar-refractivity contribution >= 4 is 5.91 Å². The molecule has 0 aromatic carbocycles. The van der Waals surface area contributed by atoms with Gasteiger partial charge in [0.25, 0.3) is 5.91 Å². The van der Waals surface area contributed by atoms with Gasteiger partial charge in [-0.3, -0.25) is 4.79 Å². The first-order valence-electron chi connectivity index (χ1n) is 3.46. The van der Waals surface area contributed by atoms with Gasteiger partial charge in [0.05, 0.1) is 5.54 Å². The molecule has 0 saturated carbocycles. The molecule has 0 saturated heterocycles. The SMILES string of the molecule is CC(C)(N)c1nocc1C(N)=O. The highest BCUT2D eigenvalue weighted by molar-refractivity contribution is 5.93. The van der Waals surface area contributed by atoms with Crippen LogP contribution in [0.2, 0.25) is 0 Å². The molecular formula is C7H11N3O2. The third-order valence-electron chi connectivity index (χ3n) is 1.45. The first kappa shape index (κ1) is 8.73. The number of primary amides is 1. The first-order chi connectivity index (χ1) is 5.43. The van der Waals surface area contributed by atoms with Crippen LogP contribution in [-0.4, -0.2) is 11.1 Å². The van der Waals surface area contributed by atoms with Crippen LogP contribution in [0.25, 0.3) is 0 Å². The maximum Gasteiger partial charge on any atom is 0.254 e. The molecule has 66 valence electrons. The van der Waals surface area contributed by atoms with Gasteiger partial charge in [0.1, 0.15) is 17.5 Å². The number of nitrogens with two attached hydrogens (primary N) is 2. The maximum absolute atomic E-state index is 10.8. The average molecular weight is 169 g/mol. The molecule has 1 amide bonds. The van der Waals surface area contributed by atoms with Gasteiger partial charge in [-0.2, -0.15) is 0 Å². The molecule has 0 spiro atoms. The summed E-state index contributed by atoms with van der Waals surface area (Å²) in [6.07, 6.45) is 1.20. The Labute approximate surface area is 69.7 Å². The summed E-state index contributed by atoms with van der Waals surface area (Å²) >= 11 is 0. The summed E-state index contributed by atoms with van der Waals surface area (Å²) in [6.45, 7) is 3.44. The van der Waals surface area contributed by atoms with Crippen molar-refractivity contribution in [2.75, 3.05) is 0 Å². The summed E-state index contributed by atoms with van der Waals surface area (Å²) in [5.74, 6) is -0.579. The molecule has 1 aromatic heterocycles. The lowest BCUT2D eigenvalue weighted by Crippen LogP contribution is -2.32. The van der Waals surface area contributed by atoms with Crippen molar-refractivity contribution in [3.05, 3.63) is 17.5 Å². The number of aromatic nitrogens is 1. The van der Waals surface area contributed by atoms with E-state index in [4.69, 9.17) is 11.5 Å². The molecule has 0 atom stereocenters. The fourth-order valence-electron chi connectivity index (χ4n) is 0.876. The summed E-state index contributed by atoms with van der Waals surface area (Å²) in [5, 5.41) is 3.61. The molecular weight excluding hydrogens is 158 g/mol. The van der Waals surface area contributed by atoms with E-state index in [0.717, 1.165) is 0 Å². The van der Waals surface area contributed by atoms with Gasteiger partial charge in [-0.05, 0) is 13.8 Å². The minimum Gasteiger partial charge on any atom is -0.365 e. The number of hydrogen-bond acceptors (Lipinski definition) is 4. The van der Waals surface area contributed by atoms with Crippen LogP contribution < -0.4 is 11.5 Å². The van der Waals surface area contributed by atoms with E-state index in [0.29, 0.717) is 5.69 Å². The molecule has 4 N–H and O–H groups in total. The Hall–Kier alpha value is -1.36. The van der Waals surface area contributed by atoms with Gasteiger partial charge in [0.15, 0.2) is 0 Å². The summed E-state index contributed by atoms with van der Waals surface area (Å²) in [4.78, 5) is 10.8. The lowest BCUT2D eigenvalue weighted by molar-refractivity contribution is 0.0997. The van der Waals surface area contributed by atoms with Crippen molar-refractivity contribution in [1.82, 2.24) is 5.16 Å². The molecule has 0 aliphatic heterocycles. The Balaban J connectivity index is 3.17. The van der Waals surface area contributed by atoms with E-state index in [1.165, 1.54) is 6.26 Å². The van der Waals surface area contributed by atoms with E-state index in [-0.39, 0.29) is 5.56 Å². The van der Waals surface area contributed by atoms with Crippen molar-refractivity contribution < 1.29 is 9.32 Å². The van der Waals surface area contributed by atoms with E-state index in [1.807, 2.05) is 0 Å². The van der Waals surface area contributed by atoms with Gasteiger partial charge < -0.3 is 16.0 Å². The average Bonchev–Trinajstić information content (AvgIpc) is 2.30. The number of carbonyl (C=O) groups excluding carboxylic acids is 1. The maximum atomic E-state index is 10.8. The molecule has 12 heavy (non-hydrogen) atoms. The van der Waals surface area contributed by atoms with Gasteiger partial charge in [-0.25, -0.2) is 0 Å². The zero-order chi connectivity index (χ0) is 9.35. The minimum atomic E-state index is -0.711. The fourth-order valence-corrected chi connectivity index (χ4v) is 0.876. The zero-order valence-electron chi connectivity index (χ0n) is 7.00. The van der Waals surface area contributed by atoms with E-state index in [2.05, 4.69) is 9.68 Å². The summed E-state index contributed by atoms with van der Waals surface area (Å²) in [5.41, 5.74) is 10.7. The van der Waals surface area contributed by atoms with Crippen LogP contribution in [0.3, 0.4) is 0 Å². The van der Waals surface area contributed by atoms with Crippen LogP contribution in [0, 0.1) is 0 Å². The standard InChI is InChI=1S/C7H11N3O2/c1-7(2,9)5-4(6(8)11)3-12-10-5/h3H,9H2,1-2H3,(H2,8,11). The Morgan fingerprint density at radius 1 is 1.67 bits per heavy atom. The molecule has 0 fully saturated rings. The molecule has 0 aliphatic carbocycles. The number of nitrogens with zero attached hydrogens (tertiary/aromatic N) is 1. The highest BCUT2D eigenvalue weighted by atomic mass is 16.5. The van der Waals surface area contributed by atoms with Crippen molar-refractivity contribution in [1.29, 1.82) is 0 Å². The molecule has 1 aromatic rings. The quantitative estimate of drug-likeness (QED) is 0.649. The van der Waals surface area contributed by atoms with Crippen LogP contribution in [0.5, 0.6) is 0 Å². The minimum absolute atomic E-state index is 0.238. The second-order valence-corrected chi connectivity index (χ2v) is 3.16. The van der Waals surface area contributed by atoms with Gasteiger partial charge in [0.2, 0.25) is 0 Å². The normalized spacial score (nSPS) is 11.6. The molecule has 0 bridgehead atoms. The summed E-state index contributed by atoms with van der Waals surface area (Å²) in [6, 6.07) is 0. The second kappa shape index (κ2) is 2.60. The smallest absolute Gasteiger partial charge is 0.254 e. The highest BCUT2D eigenvalue weighted by Gasteiger charge is 2.25. The predicted molar refractivity (Wildman–Crippen MR) is 42.2 cm³/mol. The summed E-state index contributed by atoms with van der Waals surface area (Å²) < 4.78 is 4.60. The molecule has 1 rings (SSSR count). The van der Waals surface area contributed by atoms with E-state index in [1.54, 1.807) is 13.8 Å². The van der Waals surface area contributed by atoms with Crippen LogP contribution in [-0.2, 0) is 5.54 Å². The Morgan fingerprint density at radius 3 is 2.58 bits per heavy atom. The number of hydrogen-bond donors (Lipinski definition) is 2. The third kappa shape index (κ3) is 1.45. The predicted octanol–water partition coefficient (Wildman–Crippen LogP) is -0.0327. The van der Waals surface area contributed by atoms with Gasteiger partial charge >= 0.3 is 0 Å². The molecule has 0 radical (unpaired) electrons. The summed E-state index contributed by atoms with van der Waals surface area (Å²) in [7, 11) is 0. The lowest BCUT2D eigenvalue weighted by Gasteiger charge is -2.15. The Morgan fingerprint density at radius 2 is 2.25 bits per heavy atom. The van der Waals surface area contributed by atoms with E-state index >= 15 is 0 Å². The van der Waals surface area contributed by atoms with Gasteiger partial charge in [0, 0.05) is 0 Å². The van der Waals surface area contributed by atoms with Crippen LogP contribution in [0.4, 0.5) is 0 Å². The molecule has 0 unspecified atom stereocenters. The van der Waals surface area contributed by atoms with Crippen molar-refractivity contribution in [2.24, 2.45) is 11.5 Å². The Bertz CT molecular complexity index is 298. The van der Waals surface area contributed by atoms with E-state index in [9.17, 15) is 4.79 Å². The number of carbonyl (C=O) groups is 1. The van der Waals surface area contributed by atoms with E-state index < -0.39 is 11.4 Å². The number of rotatable bonds is 2. The van der Waals surface area contributed by atoms with Crippen molar-refractivity contribution in [2.45, 2.75) is 19.4 Å². The first-order valence-corrected chi connectivity index (χ1v) is 3.46. The second-order valence-electron chi connectivity index (χ2n) is 3.16. The third-order valence-corrected chi connectivity index (χ3v) is 1.45. The largest absolute Gasteiger partial charge is 0.365 e. The van der Waals surface area contributed by atoms with Crippen LogP contribution in [0.15, 0.2) is 10.8 Å². The van der Waals surface area contributed by atoms with Crippen LogP contribution >= 0.6 is 0 Å². The molecule has 5 nitrogen and oxygen atoms in total. The molecule has 5 heteroatoms. The monoisotopic (exact) mass is 169 g/mol. The lowest BCUT2D eigenvalue weighted by atomic mass is 9.98. The van der Waals surface area contributed by atoms with Crippen LogP contribution in [0.1, 0.15) is 29.9 Å². The zero-order valence-corrected chi connectivity index (χ0v) is 7.00. The van der Waals surface area contributed by atoms with Crippen molar-refractivity contribution in [3.63, 3.8) is 0 Å².